The lowest BCUT2D eigenvalue weighted by atomic mass is 9.87. The molecule has 0 amide bonds. The monoisotopic (exact) mass is 304 g/mol. The van der Waals surface area contributed by atoms with E-state index in [0.29, 0.717) is 18.5 Å². The van der Waals surface area contributed by atoms with Gasteiger partial charge in [0.25, 0.3) is 0 Å². The molecule has 0 spiro atoms. The number of hydrogen-bond acceptors (Lipinski definition) is 4. The summed E-state index contributed by atoms with van der Waals surface area (Å²) in [4.78, 5) is 2.41. The molecule has 1 unspecified atom stereocenters. The summed E-state index contributed by atoms with van der Waals surface area (Å²) in [6.07, 6.45) is 4.64. The van der Waals surface area contributed by atoms with Crippen LogP contribution in [0.5, 0.6) is 0 Å². The van der Waals surface area contributed by atoms with E-state index >= 15 is 0 Å². The lowest BCUT2D eigenvalue weighted by molar-refractivity contribution is 0.0675. The molecule has 1 atom stereocenters. The van der Waals surface area contributed by atoms with E-state index in [0.717, 1.165) is 32.4 Å². The number of hydrogen-bond donors (Lipinski definition) is 1. The lowest BCUT2D eigenvalue weighted by Crippen LogP contribution is -2.64. The Labute approximate surface area is 125 Å². The van der Waals surface area contributed by atoms with E-state index in [-0.39, 0.29) is 11.3 Å². The quantitative estimate of drug-likeness (QED) is 0.780. The highest BCUT2D eigenvalue weighted by Crippen LogP contribution is 2.25. The van der Waals surface area contributed by atoms with E-state index in [9.17, 15) is 8.42 Å². The molecule has 5 heteroatoms. The summed E-state index contributed by atoms with van der Waals surface area (Å²) in [6.45, 7) is 11.5. The summed E-state index contributed by atoms with van der Waals surface area (Å²) in [7, 11) is -2.89. The molecule has 0 saturated carbocycles. The molecule has 20 heavy (non-hydrogen) atoms. The zero-order chi connectivity index (χ0) is 15.4. The van der Waals surface area contributed by atoms with Gasteiger partial charge in [0.15, 0.2) is 0 Å². The first-order valence-electron chi connectivity index (χ1n) is 7.88. The number of nitrogens with one attached hydrogen (secondary N) is 1. The number of rotatable bonds is 7. The number of piperazine rings is 1. The Bertz CT molecular complexity index is 389. The third-order valence-electron chi connectivity index (χ3n) is 4.58. The van der Waals surface area contributed by atoms with Crippen LogP contribution >= 0.6 is 0 Å². The van der Waals surface area contributed by atoms with Gasteiger partial charge in [0.05, 0.1) is 5.75 Å². The molecule has 0 aromatic heterocycles. The Balaban J connectivity index is 2.77. The minimum atomic E-state index is -2.89. The molecule has 0 aromatic carbocycles. The Hall–Kier alpha value is -0.130. The second kappa shape index (κ2) is 7.23. The maximum atomic E-state index is 11.5. The van der Waals surface area contributed by atoms with Crippen molar-refractivity contribution in [2.75, 3.05) is 31.6 Å². The minimum Gasteiger partial charge on any atom is -0.308 e. The van der Waals surface area contributed by atoms with Gasteiger partial charge in [-0.1, -0.05) is 27.7 Å². The first kappa shape index (κ1) is 17.9. The molecule has 1 heterocycles. The fourth-order valence-electron chi connectivity index (χ4n) is 3.08. The molecule has 0 radical (unpaired) electrons. The van der Waals surface area contributed by atoms with E-state index in [1.54, 1.807) is 0 Å². The van der Waals surface area contributed by atoms with Crippen LogP contribution in [0.25, 0.3) is 0 Å². The van der Waals surface area contributed by atoms with Gasteiger partial charge in [-0.2, -0.15) is 0 Å². The standard InChI is InChI=1S/C15H32N2O2S/c1-6-15(7-2)12-17(8-9-20(5,18)19)14(11-16-15)10-13(3)4/h13-14,16H,6-12H2,1-5H3. The molecule has 0 bridgehead atoms. The third-order valence-corrected chi connectivity index (χ3v) is 5.51. The van der Waals surface area contributed by atoms with Crippen LogP contribution < -0.4 is 5.32 Å². The van der Waals surface area contributed by atoms with E-state index in [2.05, 4.69) is 37.9 Å². The van der Waals surface area contributed by atoms with Gasteiger partial charge in [-0.25, -0.2) is 8.42 Å². The zero-order valence-electron chi connectivity index (χ0n) is 13.8. The Morgan fingerprint density at radius 1 is 1.30 bits per heavy atom. The topological polar surface area (TPSA) is 49.4 Å². The third kappa shape index (κ3) is 5.34. The van der Waals surface area contributed by atoms with Crippen molar-refractivity contribution in [3.05, 3.63) is 0 Å². The summed E-state index contributed by atoms with van der Waals surface area (Å²) in [5.74, 6) is 0.906. The SMILES string of the molecule is CCC1(CC)CN(CCS(C)(=O)=O)C(CC(C)C)CN1. The van der Waals surface area contributed by atoms with Crippen LogP contribution in [-0.2, 0) is 9.84 Å². The fraction of sp³-hybridized carbons (Fsp3) is 1.00. The van der Waals surface area contributed by atoms with Gasteiger partial charge in [0, 0.05) is 37.5 Å². The Kier molecular flexibility index (Phi) is 6.48. The highest BCUT2D eigenvalue weighted by atomic mass is 32.2. The lowest BCUT2D eigenvalue weighted by Gasteiger charge is -2.48. The van der Waals surface area contributed by atoms with Crippen molar-refractivity contribution in [3.8, 4) is 0 Å². The largest absolute Gasteiger partial charge is 0.308 e. The van der Waals surface area contributed by atoms with Crippen molar-refractivity contribution in [3.63, 3.8) is 0 Å². The summed E-state index contributed by atoms with van der Waals surface area (Å²) in [6, 6.07) is 0.461. The van der Waals surface area contributed by atoms with Crippen LogP contribution in [0.3, 0.4) is 0 Å². The molecule has 1 saturated heterocycles. The van der Waals surface area contributed by atoms with Crippen LogP contribution in [-0.4, -0.2) is 56.5 Å². The summed E-state index contributed by atoms with van der Waals surface area (Å²) >= 11 is 0. The van der Waals surface area contributed by atoms with Crippen molar-refractivity contribution >= 4 is 9.84 Å². The molecule has 0 aliphatic carbocycles. The van der Waals surface area contributed by atoms with Gasteiger partial charge in [0.2, 0.25) is 0 Å². The molecule has 4 nitrogen and oxygen atoms in total. The molecule has 1 aliphatic rings. The van der Waals surface area contributed by atoms with Crippen molar-refractivity contribution in [1.82, 2.24) is 10.2 Å². The molecule has 1 aliphatic heterocycles. The normalized spacial score (nSPS) is 24.2. The van der Waals surface area contributed by atoms with Crippen molar-refractivity contribution in [1.29, 1.82) is 0 Å². The molecule has 1 fully saturated rings. The Morgan fingerprint density at radius 3 is 2.35 bits per heavy atom. The molecule has 0 aromatic rings. The van der Waals surface area contributed by atoms with E-state index < -0.39 is 9.84 Å². The fourth-order valence-corrected chi connectivity index (χ4v) is 3.65. The smallest absolute Gasteiger partial charge is 0.148 e. The van der Waals surface area contributed by atoms with E-state index in [4.69, 9.17) is 0 Å². The maximum absolute atomic E-state index is 11.5. The molecular formula is C15H32N2O2S. The van der Waals surface area contributed by atoms with Crippen molar-refractivity contribution in [2.24, 2.45) is 5.92 Å². The summed E-state index contributed by atoms with van der Waals surface area (Å²) < 4.78 is 22.9. The van der Waals surface area contributed by atoms with Gasteiger partial charge < -0.3 is 5.32 Å². The predicted molar refractivity (Wildman–Crippen MR) is 85.8 cm³/mol. The van der Waals surface area contributed by atoms with Crippen LogP contribution in [0.2, 0.25) is 0 Å². The Morgan fingerprint density at radius 2 is 1.90 bits per heavy atom. The van der Waals surface area contributed by atoms with Crippen molar-refractivity contribution < 1.29 is 8.42 Å². The van der Waals surface area contributed by atoms with Crippen LogP contribution in [0, 0.1) is 5.92 Å². The minimum absolute atomic E-state index is 0.158. The van der Waals surface area contributed by atoms with Crippen LogP contribution in [0.15, 0.2) is 0 Å². The van der Waals surface area contributed by atoms with Gasteiger partial charge in [-0.05, 0) is 25.2 Å². The maximum Gasteiger partial charge on any atom is 0.148 e. The highest BCUT2D eigenvalue weighted by molar-refractivity contribution is 7.90. The van der Waals surface area contributed by atoms with Gasteiger partial charge >= 0.3 is 0 Å². The second-order valence-corrected chi connectivity index (χ2v) is 9.01. The van der Waals surface area contributed by atoms with E-state index in [1.165, 1.54) is 6.26 Å². The van der Waals surface area contributed by atoms with Crippen LogP contribution in [0.1, 0.15) is 47.0 Å². The van der Waals surface area contributed by atoms with Crippen LogP contribution in [0.4, 0.5) is 0 Å². The van der Waals surface area contributed by atoms with Gasteiger partial charge in [-0.15, -0.1) is 0 Å². The van der Waals surface area contributed by atoms with Gasteiger partial charge in [0.1, 0.15) is 9.84 Å². The number of sulfone groups is 1. The first-order valence-corrected chi connectivity index (χ1v) is 9.94. The molecule has 1 N–H and O–H groups in total. The zero-order valence-corrected chi connectivity index (χ0v) is 14.6. The second-order valence-electron chi connectivity index (χ2n) is 6.75. The average Bonchev–Trinajstić information content (AvgIpc) is 2.36. The molecule has 120 valence electrons. The summed E-state index contributed by atoms with van der Waals surface area (Å²) in [5, 5.41) is 3.72. The molecular weight excluding hydrogens is 272 g/mol. The number of nitrogens with zero attached hydrogens (tertiary/aromatic N) is 1. The predicted octanol–water partition coefficient (Wildman–Crippen LogP) is 1.91. The summed E-state index contributed by atoms with van der Waals surface area (Å²) in [5.41, 5.74) is 0.158. The first-order chi connectivity index (χ1) is 9.21. The highest BCUT2D eigenvalue weighted by Gasteiger charge is 2.36. The average molecular weight is 305 g/mol. The van der Waals surface area contributed by atoms with Gasteiger partial charge in [-0.3, -0.25) is 4.90 Å². The molecule has 1 rings (SSSR count). The van der Waals surface area contributed by atoms with Crippen molar-refractivity contribution in [2.45, 2.75) is 58.5 Å². The van der Waals surface area contributed by atoms with E-state index in [1.807, 2.05) is 0 Å².